The van der Waals surface area contributed by atoms with Crippen LogP contribution in [0.4, 0.5) is 0 Å². The van der Waals surface area contributed by atoms with Crippen LogP contribution >= 0.6 is 7.26 Å². The van der Waals surface area contributed by atoms with Crippen molar-refractivity contribution >= 4 is 7.26 Å². The van der Waals surface area contributed by atoms with Crippen molar-refractivity contribution in [2.45, 2.75) is 156 Å². The Labute approximate surface area is 188 Å². The molecule has 0 saturated carbocycles. The van der Waals surface area contributed by atoms with Crippen LogP contribution in [0.1, 0.15) is 156 Å². The van der Waals surface area contributed by atoms with Crippen LogP contribution < -0.4 is 0 Å². The molecule has 0 N–H and O–H groups in total. The summed E-state index contributed by atoms with van der Waals surface area (Å²) < 4.78 is 0. The van der Waals surface area contributed by atoms with Crippen LogP contribution in [0.3, 0.4) is 0 Å². The van der Waals surface area contributed by atoms with Crippen molar-refractivity contribution in [3.8, 4) is 0 Å². The number of hydrogen-bond acceptors (Lipinski definition) is 0. The second-order valence-electron chi connectivity index (χ2n) is 9.89. The van der Waals surface area contributed by atoms with E-state index < -0.39 is 7.26 Å². The van der Waals surface area contributed by atoms with Crippen molar-refractivity contribution in [2.75, 3.05) is 24.6 Å². The van der Waals surface area contributed by atoms with Crippen molar-refractivity contribution in [2.24, 2.45) is 0 Å². The maximum Gasteiger partial charge on any atom is 0.0594 e. The Hall–Kier alpha value is 0.430. The summed E-state index contributed by atoms with van der Waals surface area (Å²) in [5.41, 5.74) is 0. The molecule has 0 saturated heterocycles. The molecule has 0 bridgehead atoms. The molecule has 176 valence electrons. The normalized spacial score (nSPS) is 12.0. The van der Waals surface area contributed by atoms with Crippen molar-refractivity contribution in [3.05, 3.63) is 0 Å². The summed E-state index contributed by atoms with van der Waals surface area (Å²) in [5.74, 6) is 0. The molecule has 1 heteroatoms. The minimum absolute atomic E-state index is 0.683. The molecule has 0 nitrogen and oxygen atoms in total. The first-order valence-corrected chi connectivity index (χ1v) is 16.6. The van der Waals surface area contributed by atoms with Crippen LogP contribution in [-0.4, -0.2) is 24.6 Å². The molecule has 0 spiro atoms. The number of rotatable bonds is 24. The van der Waals surface area contributed by atoms with Crippen molar-refractivity contribution < 1.29 is 0 Å². The van der Waals surface area contributed by atoms with Gasteiger partial charge in [-0.3, -0.25) is 0 Å². The molecule has 0 aromatic heterocycles. The molecule has 0 atom stereocenters. The summed E-state index contributed by atoms with van der Waals surface area (Å²) in [6.45, 7) is 9.40. The molecule has 0 rings (SSSR count). The predicted molar refractivity (Wildman–Crippen MR) is 141 cm³/mol. The van der Waals surface area contributed by atoms with Gasteiger partial charge in [0.25, 0.3) is 0 Å². The molecule has 0 aliphatic heterocycles. The van der Waals surface area contributed by atoms with Gasteiger partial charge in [-0.25, -0.2) is 0 Å². The van der Waals surface area contributed by atoms with Gasteiger partial charge in [-0.2, -0.15) is 0 Å². The molecule has 0 amide bonds. The molecule has 0 aliphatic rings. The zero-order chi connectivity index (χ0) is 21.5. The topological polar surface area (TPSA) is 0 Å². The van der Waals surface area contributed by atoms with E-state index in [0.29, 0.717) is 0 Å². The van der Waals surface area contributed by atoms with Crippen LogP contribution in [0.25, 0.3) is 0 Å². The van der Waals surface area contributed by atoms with Gasteiger partial charge in [-0.15, -0.1) is 0 Å². The second-order valence-corrected chi connectivity index (χ2v) is 14.4. The van der Waals surface area contributed by atoms with Crippen LogP contribution in [-0.2, 0) is 0 Å². The first kappa shape index (κ1) is 29.4. The van der Waals surface area contributed by atoms with E-state index in [2.05, 4.69) is 27.7 Å². The van der Waals surface area contributed by atoms with Crippen LogP contribution in [0.15, 0.2) is 0 Å². The van der Waals surface area contributed by atoms with Gasteiger partial charge in [-0.05, 0) is 51.4 Å². The minimum atomic E-state index is -0.683. The maximum atomic E-state index is 2.36. The molecular formula is C28H60P+. The molecule has 0 aromatic carbocycles. The van der Waals surface area contributed by atoms with E-state index in [1.54, 1.807) is 50.3 Å². The van der Waals surface area contributed by atoms with Crippen molar-refractivity contribution in [1.29, 1.82) is 0 Å². The van der Waals surface area contributed by atoms with Crippen LogP contribution in [0.2, 0.25) is 0 Å². The Balaban J connectivity index is 4.54. The molecular weight excluding hydrogens is 367 g/mol. The van der Waals surface area contributed by atoms with Gasteiger partial charge >= 0.3 is 0 Å². The fourth-order valence-electron chi connectivity index (χ4n) is 4.87. The first-order valence-electron chi connectivity index (χ1n) is 14.1. The van der Waals surface area contributed by atoms with Crippen LogP contribution in [0.5, 0.6) is 0 Å². The number of hydrogen-bond donors (Lipinski definition) is 0. The summed E-state index contributed by atoms with van der Waals surface area (Å²) in [6.07, 6.45) is 36.1. The lowest BCUT2D eigenvalue weighted by atomic mass is 10.1. The average Bonchev–Trinajstić information content (AvgIpc) is 2.73. The third kappa shape index (κ3) is 18.9. The third-order valence-corrected chi connectivity index (χ3v) is 12.0. The van der Waals surface area contributed by atoms with Gasteiger partial charge in [0.15, 0.2) is 0 Å². The van der Waals surface area contributed by atoms with Crippen molar-refractivity contribution in [1.82, 2.24) is 0 Å². The fourth-order valence-corrected chi connectivity index (χ4v) is 9.79. The Morgan fingerprint density at radius 3 is 0.759 bits per heavy atom. The van der Waals surface area contributed by atoms with Gasteiger partial charge in [0.2, 0.25) is 0 Å². The van der Waals surface area contributed by atoms with E-state index in [-0.39, 0.29) is 0 Å². The monoisotopic (exact) mass is 427 g/mol. The molecule has 29 heavy (non-hydrogen) atoms. The van der Waals surface area contributed by atoms with E-state index in [1.165, 1.54) is 103 Å². The SMILES string of the molecule is CCCCCCCCCC[P+](CCCCCC)(CCCCCC)CCCCCC. The lowest BCUT2D eigenvalue weighted by Crippen LogP contribution is -2.13. The highest BCUT2D eigenvalue weighted by atomic mass is 31.2. The van der Waals surface area contributed by atoms with Gasteiger partial charge < -0.3 is 0 Å². The Morgan fingerprint density at radius 1 is 0.276 bits per heavy atom. The van der Waals surface area contributed by atoms with Gasteiger partial charge in [0, 0.05) is 7.26 Å². The average molecular weight is 428 g/mol. The van der Waals surface area contributed by atoms with E-state index in [0.717, 1.165) is 0 Å². The molecule has 0 aliphatic carbocycles. The zero-order valence-corrected chi connectivity index (χ0v) is 22.3. The molecule has 0 fully saturated rings. The lowest BCUT2D eigenvalue weighted by molar-refractivity contribution is 0.585. The quantitative estimate of drug-likeness (QED) is 0.106. The lowest BCUT2D eigenvalue weighted by Gasteiger charge is -2.28. The summed E-state index contributed by atoms with van der Waals surface area (Å²) in [4.78, 5) is 0. The Kier molecular flexibility index (Phi) is 23.4. The highest BCUT2D eigenvalue weighted by Gasteiger charge is 2.34. The molecule has 0 unspecified atom stereocenters. The van der Waals surface area contributed by atoms with Crippen LogP contribution in [0, 0.1) is 0 Å². The van der Waals surface area contributed by atoms with Gasteiger partial charge in [-0.1, -0.05) is 105 Å². The highest BCUT2D eigenvalue weighted by Crippen LogP contribution is 2.61. The molecule has 0 radical (unpaired) electrons. The first-order chi connectivity index (χ1) is 14.2. The predicted octanol–water partition coefficient (Wildman–Crippen LogP) is 10.9. The largest absolute Gasteiger partial charge is 0.0654 e. The van der Waals surface area contributed by atoms with Gasteiger partial charge in [0.05, 0.1) is 24.6 Å². The van der Waals surface area contributed by atoms with E-state index in [9.17, 15) is 0 Å². The van der Waals surface area contributed by atoms with Crippen molar-refractivity contribution in [3.63, 3.8) is 0 Å². The van der Waals surface area contributed by atoms with E-state index in [1.807, 2.05) is 0 Å². The second kappa shape index (κ2) is 23.1. The fraction of sp³-hybridized carbons (Fsp3) is 1.00. The highest BCUT2D eigenvalue weighted by molar-refractivity contribution is 7.75. The Bertz CT molecular complexity index is 267. The summed E-state index contributed by atoms with van der Waals surface area (Å²) in [6, 6.07) is 0. The summed E-state index contributed by atoms with van der Waals surface area (Å²) in [7, 11) is -0.683. The zero-order valence-electron chi connectivity index (χ0n) is 21.4. The smallest absolute Gasteiger partial charge is 0.0594 e. The third-order valence-electron chi connectivity index (χ3n) is 6.94. The summed E-state index contributed by atoms with van der Waals surface area (Å²) in [5, 5.41) is 0. The molecule has 0 heterocycles. The van der Waals surface area contributed by atoms with Gasteiger partial charge in [0.1, 0.15) is 0 Å². The van der Waals surface area contributed by atoms with E-state index in [4.69, 9.17) is 0 Å². The number of unbranched alkanes of at least 4 members (excludes halogenated alkanes) is 16. The standard InChI is InChI=1S/C28H60P/c1-5-9-13-17-18-19-20-24-28-29(25-21-14-10-6-2,26-22-15-11-7-3)27-23-16-12-8-4/h5-28H2,1-4H3/q+1. The maximum absolute atomic E-state index is 2.36. The summed E-state index contributed by atoms with van der Waals surface area (Å²) >= 11 is 0. The minimum Gasteiger partial charge on any atom is -0.0654 e. The van der Waals surface area contributed by atoms with E-state index >= 15 is 0 Å². The molecule has 0 aromatic rings. The Morgan fingerprint density at radius 2 is 0.483 bits per heavy atom.